The van der Waals surface area contributed by atoms with Crippen molar-refractivity contribution in [3.8, 4) is 0 Å². The summed E-state index contributed by atoms with van der Waals surface area (Å²) in [5.41, 5.74) is 4.56. The van der Waals surface area contributed by atoms with Crippen molar-refractivity contribution in [2.45, 2.75) is 37.7 Å². The first-order valence-corrected chi connectivity index (χ1v) is 7.75. The van der Waals surface area contributed by atoms with Crippen LogP contribution in [0.5, 0.6) is 0 Å². The van der Waals surface area contributed by atoms with Gasteiger partial charge >= 0.3 is 0 Å². The van der Waals surface area contributed by atoms with Crippen LogP contribution in [0.3, 0.4) is 0 Å². The van der Waals surface area contributed by atoms with Crippen LogP contribution in [0.4, 0.5) is 4.39 Å². The Hall–Kier alpha value is -1.71. The highest BCUT2D eigenvalue weighted by molar-refractivity contribution is 5.45. The molecule has 0 saturated carbocycles. The monoisotopic (exact) mass is 300 g/mol. The normalized spacial score (nSPS) is 21.6. The van der Waals surface area contributed by atoms with Crippen molar-refractivity contribution in [3.63, 3.8) is 0 Å². The van der Waals surface area contributed by atoms with Crippen LogP contribution in [0.15, 0.2) is 42.5 Å². The minimum absolute atomic E-state index is 0.0707. The van der Waals surface area contributed by atoms with Gasteiger partial charge in [-0.05, 0) is 59.1 Å². The van der Waals surface area contributed by atoms with Gasteiger partial charge in [0.25, 0.3) is 0 Å². The van der Waals surface area contributed by atoms with E-state index in [1.165, 1.54) is 17.2 Å². The van der Waals surface area contributed by atoms with E-state index in [1.54, 1.807) is 6.07 Å². The summed E-state index contributed by atoms with van der Waals surface area (Å²) in [5.74, 6) is -0.0602. The third kappa shape index (κ3) is 2.79. The number of rotatable bonds is 3. The average molecular weight is 300 g/mol. The molecule has 0 bridgehead atoms. The van der Waals surface area contributed by atoms with Crippen molar-refractivity contribution in [1.82, 2.24) is 0 Å². The Labute approximate surface area is 130 Å². The molecule has 22 heavy (non-hydrogen) atoms. The van der Waals surface area contributed by atoms with Crippen LogP contribution in [0, 0.1) is 5.82 Å². The second-order valence-electron chi connectivity index (χ2n) is 6.19. The SMILES string of the molecule is C[C@@H]1c2cc(F)ccc2Cc2ccccc2[C@@H]1C[C@@H](O)CO. The number of halogens is 1. The van der Waals surface area contributed by atoms with Gasteiger partial charge in [-0.2, -0.15) is 0 Å². The van der Waals surface area contributed by atoms with E-state index in [0.29, 0.717) is 6.42 Å². The van der Waals surface area contributed by atoms with Crippen molar-refractivity contribution < 1.29 is 14.6 Å². The molecule has 2 N–H and O–H groups in total. The fourth-order valence-corrected chi connectivity index (χ4v) is 3.60. The van der Waals surface area contributed by atoms with E-state index in [-0.39, 0.29) is 24.3 Å². The van der Waals surface area contributed by atoms with Crippen LogP contribution >= 0.6 is 0 Å². The maximum Gasteiger partial charge on any atom is 0.123 e. The molecule has 1 aliphatic rings. The van der Waals surface area contributed by atoms with Gasteiger partial charge in [-0.15, -0.1) is 0 Å². The number of aliphatic hydroxyl groups is 2. The van der Waals surface area contributed by atoms with Crippen LogP contribution in [0.1, 0.15) is 47.4 Å². The Morgan fingerprint density at radius 2 is 1.86 bits per heavy atom. The van der Waals surface area contributed by atoms with E-state index in [9.17, 15) is 14.6 Å². The van der Waals surface area contributed by atoms with Gasteiger partial charge in [-0.25, -0.2) is 4.39 Å². The van der Waals surface area contributed by atoms with Crippen molar-refractivity contribution in [1.29, 1.82) is 0 Å². The highest BCUT2D eigenvalue weighted by atomic mass is 19.1. The van der Waals surface area contributed by atoms with Gasteiger partial charge in [-0.3, -0.25) is 0 Å². The first kappa shape index (κ1) is 15.2. The lowest BCUT2D eigenvalue weighted by atomic mass is 9.79. The van der Waals surface area contributed by atoms with Crippen molar-refractivity contribution in [2.24, 2.45) is 0 Å². The molecule has 0 heterocycles. The second kappa shape index (κ2) is 6.19. The first-order chi connectivity index (χ1) is 10.6. The summed E-state index contributed by atoms with van der Waals surface area (Å²) >= 11 is 0. The fourth-order valence-electron chi connectivity index (χ4n) is 3.60. The van der Waals surface area contributed by atoms with E-state index in [1.807, 2.05) is 18.2 Å². The highest BCUT2D eigenvalue weighted by Gasteiger charge is 2.30. The number of fused-ring (bicyclic) bond motifs is 2. The zero-order valence-electron chi connectivity index (χ0n) is 12.7. The standard InChI is InChI=1S/C19H21FO2/c1-12-18-9-15(20)7-6-14(18)8-13-4-2-3-5-17(13)19(12)10-16(22)11-21/h2-7,9,12,16,19,21-22H,8,10-11H2,1H3/t12-,16-,19-/m1/s1. The van der Waals surface area contributed by atoms with E-state index in [4.69, 9.17) is 0 Å². The van der Waals surface area contributed by atoms with Crippen molar-refractivity contribution >= 4 is 0 Å². The Morgan fingerprint density at radius 1 is 1.14 bits per heavy atom. The topological polar surface area (TPSA) is 40.5 Å². The average Bonchev–Trinajstić information content (AvgIpc) is 2.64. The molecule has 2 nitrogen and oxygen atoms in total. The molecule has 0 unspecified atom stereocenters. The lowest BCUT2D eigenvalue weighted by Gasteiger charge is -2.26. The summed E-state index contributed by atoms with van der Waals surface area (Å²) in [4.78, 5) is 0. The quantitative estimate of drug-likeness (QED) is 0.912. The molecule has 0 spiro atoms. The largest absolute Gasteiger partial charge is 0.394 e. The smallest absolute Gasteiger partial charge is 0.123 e. The molecular weight excluding hydrogens is 279 g/mol. The van der Waals surface area contributed by atoms with Crippen LogP contribution in [0.2, 0.25) is 0 Å². The minimum atomic E-state index is -0.754. The molecule has 1 aliphatic carbocycles. The summed E-state index contributed by atoms with van der Waals surface area (Å²) in [6.07, 6.45) is 0.502. The van der Waals surface area contributed by atoms with Crippen LogP contribution in [-0.4, -0.2) is 22.9 Å². The van der Waals surface area contributed by atoms with Gasteiger partial charge in [-0.1, -0.05) is 37.3 Å². The van der Waals surface area contributed by atoms with Gasteiger partial charge in [0.1, 0.15) is 5.82 Å². The molecule has 116 valence electrons. The molecule has 0 aliphatic heterocycles. The molecule has 0 amide bonds. The maximum absolute atomic E-state index is 13.7. The Kier molecular flexibility index (Phi) is 4.27. The zero-order valence-corrected chi connectivity index (χ0v) is 12.7. The molecule has 0 saturated heterocycles. The lowest BCUT2D eigenvalue weighted by molar-refractivity contribution is 0.0801. The van der Waals surface area contributed by atoms with E-state index in [2.05, 4.69) is 19.1 Å². The van der Waals surface area contributed by atoms with Crippen molar-refractivity contribution in [2.75, 3.05) is 6.61 Å². The molecule has 2 aromatic rings. The first-order valence-electron chi connectivity index (χ1n) is 7.75. The van der Waals surface area contributed by atoms with E-state index in [0.717, 1.165) is 17.5 Å². The number of hydrogen-bond donors (Lipinski definition) is 2. The molecule has 3 atom stereocenters. The Morgan fingerprint density at radius 3 is 2.64 bits per heavy atom. The van der Waals surface area contributed by atoms with E-state index >= 15 is 0 Å². The Bertz CT molecular complexity index is 668. The second-order valence-corrected chi connectivity index (χ2v) is 6.19. The van der Waals surface area contributed by atoms with Crippen LogP contribution in [0.25, 0.3) is 0 Å². The molecule has 2 aromatic carbocycles. The van der Waals surface area contributed by atoms with Crippen molar-refractivity contribution in [3.05, 3.63) is 70.5 Å². The molecule has 3 heteroatoms. The number of hydrogen-bond acceptors (Lipinski definition) is 2. The number of benzene rings is 2. The summed E-state index contributed by atoms with van der Waals surface area (Å²) in [7, 11) is 0. The summed E-state index contributed by atoms with van der Waals surface area (Å²) in [5, 5.41) is 19.1. The van der Waals surface area contributed by atoms with Gasteiger partial charge < -0.3 is 10.2 Å². The third-order valence-corrected chi connectivity index (χ3v) is 4.77. The fraction of sp³-hybridized carbons (Fsp3) is 0.368. The molecular formula is C19H21FO2. The lowest BCUT2D eigenvalue weighted by Crippen LogP contribution is -2.20. The summed E-state index contributed by atoms with van der Waals surface area (Å²) in [6, 6.07) is 13.2. The van der Waals surface area contributed by atoms with Gasteiger partial charge in [0, 0.05) is 0 Å². The molecule has 0 fully saturated rings. The highest BCUT2D eigenvalue weighted by Crippen LogP contribution is 2.42. The predicted molar refractivity (Wildman–Crippen MR) is 84.5 cm³/mol. The van der Waals surface area contributed by atoms with Gasteiger partial charge in [0.05, 0.1) is 12.7 Å². The van der Waals surface area contributed by atoms with Gasteiger partial charge in [0.15, 0.2) is 0 Å². The van der Waals surface area contributed by atoms with E-state index < -0.39 is 6.10 Å². The molecule has 3 rings (SSSR count). The van der Waals surface area contributed by atoms with Crippen LogP contribution < -0.4 is 0 Å². The Balaban J connectivity index is 2.11. The zero-order chi connectivity index (χ0) is 15.7. The summed E-state index contributed by atoms with van der Waals surface area (Å²) < 4.78 is 13.7. The van der Waals surface area contributed by atoms with Crippen LogP contribution in [-0.2, 0) is 6.42 Å². The molecule has 0 radical (unpaired) electrons. The number of aliphatic hydroxyl groups excluding tert-OH is 2. The summed E-state index contributed by atoms with van der Waals surface area (Å²) in [6.45, 7) is 1.83. The predicted octanol–water partition coefficient (Wildman–Crippen LogP) is 3.36. The minimum Gasteiger partial charge on any atom is -0.394 e. The van der Waals surface area contributed by atoms with Gasteiger partial charge in [0.2, 0.25) is 0 Å². The molecule has 0 aromatic heterocycles. The maximum atomic E-state index is 13.7. The third-order valence-electron chi connectivity index (χ3n) is 4.77.